The minimum Gasteiger partial charge on any atom is -0.456 e. The van der Waals surface area contributed by atoms with Gasteiger partial charge in [0.1, 0.15) is 11.2 Å². The molecule has 0 N–H and O–H groups in total. The molecule has 0 aliphatic heterocycles. The number of thiophene rings is 1. The van der Waals surface area contributed by atoms with E-state index in [1.165, 1.54) is 53.2 Å². The van der Waals surface area contributed by atoms with Crippen molar-refractivity contribution in [3.05, 3.63) is 176 Å². The Kier molecular flexibility index (Phi) is 6.39. The van der Waals surface area contributed by atoms with Crippen LogP contribution in [0.25, 0.3) is 75.1 Å². The average Bonchev–Trinajstić information content (AvgIpc) is 3.74. The molecule has 8 aromatic carbocycles. The van der Waals surface area contributed by atoms with Gasteiger partial charge in [0.2, 0.25) is 0 Å². The van der Waals surface area contributed by atoms with Gasteiger partial charge in [-0.3, -0.25) is 0 Å². The van der Waals surface area contributed by atoms with Gasteiger partial charge >= 0.3 is 0 Å². The fraction of sp³-hybridized carbons (Fsp3) is 0. The smallest absolute Gasteiger partial charge is 0.137 e. The van der Waals surface area contributed by atoms with Crippen LogP contribution in [0.2, 0.25) is 0 Å². The Morgan fingerprint density at radius 3 is 2.00 bits per heavy atom. The first kappa shape index (κ1) is 27.9. The lowest BCUT2D eigenvalue weighted by atomic mass is 9.97. The van der Waals surface area contributed by atoms with Gasteiger partial charge in [0.25, 0.3) is 0 Å². The topological polar surface area (TPSA) is 16.4 Å². The van der Waals surface area contributed by atoms with E-state index in [-0.39, 0.29) is 0 Å². The monoisotopic (exact) mass is 643 g/mol. The van der Waals surface area contributed by atoms with Crippen molar-refractivity contribution in [3.8, 4) is 22.3 Å². The van der Waals surface area contributed by atoms with E-state index < -0.39 is 0 Å². The second kappa shape index (κ2) is 11.2. The van der Waals surface area contributed by atoms with Crippen LogP contribution in [0.3, 0.4) is 0 Å². The third-order valence-electron chi connectivity index (χ3n) is 9.67. The van der Waals surface area contributed by atoms with Gasteiger partial charge in [-0.25, -0.2) is 0 Å². The molecule has 10 aromatic rings. The Labute approximate surface area is 287 Å². The third-order valence-corrected chi connectivity index (χ3v) is 10.9. The van der Waals surface area contributed by atoms with Crippen molar-refractivity contribution in [1.82, 2.24) is 0 Å². The molecule has 0 unspecified atom stereocenters. The number of anilines is 3. The molecule has 0 saturated carbocycles. The van der Waals surface area contributed by atoms with E-state index in [9.17, 15) is 0 Å². The number of fused-ring (bicyclic) bond motifs is 8. The van der Waals surface area contributed by atoms with Crippen molar-refractivity contribution in [2.75, 3.05) is 4.90 Å². The van der Waals surface area contributed by atoms with E-state index in [2.05, 4.69) is 169 Å². The van der Waals surface area contributed by atoms with Gasteiger partial charge in [-0.1, -0.05) is 127 Å². The summed E-state index contributed by atoms with van der Waals surface area (Å²) in [6.07, 6.45) is 0. The van der Waals surface area contributed by atoms with E-state index in [0.29, 0.717) is 0 Å². The molecule has 0 amide bonds. The molecule has 0 aliphatic rings. The fourth-order valence-corrected chi connectivity index (χ4v) is 8.66. The maximum atomic E-state index is 6.38. The van der Waals surface area contributed by atoms with Gasteiger partial charge in [-0.05, 0) is 69.9 Å². The highest BCUT2D eigenvalue weighted by molar-refractivity contribution is 7.26. The lowest BCUT2D eigenvalue weighted by molar-refractivity contribution is 0.669. The molecule has 0 spiro atoms. The summed E-state index contributed by atoms with van der Waals surface area (Å²) >= 11 is 1.89. The zero-order chi connectivity index (χ0) is 32.3. The molecule has 0 saturated heterocycles. The molecular weight excluding hydrogens is 615 g/mol. The van der Waals surface area contributed by atoms with E-state index >= 15 is 0 Å². The number of hydrogen-bond donors (Lipinski definition) is 0. The summed E-state index contributed by atoms with van der Waals surface area (Å²) in [6.45, 7) is 0. The molecule has 3 heteroatoms. The molecule has 2 heterocycles. The second-order valence-electron chi connectivity index (χ2n) is 12.5. The van der Waals surface area contributed by atoms with Crippen molar-refractivity contribution in [3.63, 3.8) is 0 Å². The van der Waals surface area contributed by atoms with Gasteiger partial charge in [0.05, 0.1) is 5.69 Å². The van der Waals surface area contributed by atoms with Crippen LogP contribution in [0, 0.1) is 0 Å². The Morgan fingerprint density at radius 1 is 0.429 bits per heavy atom. The first-order chi connectivity index (χ1) is 24.3. The molecule has 2 aromatic heterocycles. The van der Waals surface area contributed by atoms with Crippen molar-refractivity contribution in [2.45, 2.75) is 0 Å². The van der Waals surface area contributed by atoms with Crippen molar-refractivity contribution < 1.29 is 4.42 Å². The van der Waals surface area contributed by atoms with Gasteiger partial charge < -0.3 is 9.32 Å². The molecule has 230 valence electrons. The molecule has 0 radical (unpaired) electrons. The predicted molar refractivity (Wildman–Crippen MR) is 210 cm³/mol. The number of benzene rings is 8. The lowest BCUT2D eigenvalue weighted by Gasteiger charge is -2.28. The van der Waals surface area contributed by atoms with E-state index in [0.717, 1.165) is 39.0 Å². The zero-order valence-corrected chi connectivity index (χ0v) is 27.3. The number of rotatable bonds is 5. The molecular formula is C46H29NOS. The van der Waals surface area contributed by atoms with Crippen LogP contribution < -0.4 is 4.90 Å². The maximum Gasteiger partial charge on any atom is 0.137 e. The van der Waals surface area contributed by atoms with Crippen LogP contribution in [0.1, 0.15) is 0 Å². The molecule has 10 rings (SSSR count). The number of furan rings is 1. The second-order valence-corrected chi connectivity index (χ2v) is 13.5. The lowest BCUT2D eigenvalue weighted by Crippen LogP contribution is -2.11. The van der Waals surface area contributed by atoms with Crippen molar-refractivity contribution in [2.24, 2.45) is 0 Å². The van der Waals surface area contributed by atoms with Crippen molar-refractivity contribution in [1.29, 1.82) is 0 Å². The van der Waals surface area contributed by atoms with Crippen LogP contribution in [0.4, 0.5) is 17.1 Å². The highest BCUT2D eigenvalue weighted by atomic mass is 32.1. The zero-order valence-electron chi connectivity index (χ0n) is 26.5. The largest absolute Gasteiger partial charge is 0.456 e. The number of hydrogen-bond acceptors (Lipinski definition) is 3. The summed E-state index contributed by atoms with van der Waals surface area (Å²) in [5.41, 5.74) is 9.80. The normalized spacial score (nSPS) is 11.7. The van der Waals surface area contributed by atoms with Crippen LogP contribution in [0.15, 0.2) is 180 Å². The third kappa shape index (κ3) is 4.55. The Hall–Kier alpha value is -6.16. The van der Waals surface area contributed by atoms with E-state index in [4.69, 9.17) is 4.42 Å². The summed E-state index contributed by atoms with van der Waals surface area (Å²) < 4.78 is 9.04. The van der Waals surface area contributed by atoms with Crippen molar-refractivity contribution >= 4 is 81.3 Å². The van der Waals surface area contributed by atoms with E-state index in [1.807, 2.05) is 23.5 Å². The van der Waals surface area contributed by atoms with Gasteiger partial charge in [0.15, 0.2) is 0 Å². The quantitative estimate of drug-likeness (QED) is 0.186. The first-order valence-electron chi connectivity index (χ1n) is 16.6. The molecule has 0 atom stereocenters. The number of nitrogens with zero attached hydrogens (tertiary/aromatic N) is 1. The molecule has 0 fully saturated rings. The standard InChI is InChI=1S/C46H29NOS/c1-2-11-30(12-3-1)35-14-6-8-18-41(35)47(34-26-28-39-38-16-7-9-19-42(38)48-43(39)29-34)33-24-21-32(22-25-33)36-17-10-20-44-45(36)40-27-23-31-13-4-5-15-37(31)46(40)49-44/h1-29H. The van der Waals surface area contributed by atoms with Gasteiger partial charge in [-0.2, -0.15) is 0 Å². The maximum absolute atomic E-state index is 6.38. The van der Waals surface area contributed by atoms with Crippen LogP contribution >= 0.6 is 11.3 Å². The van der Waals surface area contributed by atoms with Gasteiger partial charge in [0, 0.05) is 53.9 Å². The minimum absolute atomic E-state index is 0.876. The average molecular weight is 644 g/mol. The van der Waals surface area contributed by atoms with E-state index in [1.54, 1.807) is 0 Å². The number of para-hydroxylation sites is 2. The summed E-state index contributed by atoms with van der Waals surface area (Å²) in [7, 11) is 0. The highest BCUT2D eigenvalue weighted by Crippen LogP contribution is 2.45. The summed E-state index contributed by atoms with van der Waals surface area (Å²) in [6, 6.07) is 63.1. The van der Waals surface area contributed by atoms with Gasteiger partial charge in [-0.15, -0.1) is 11.3 Å². The molecule has 0 bridgehead atoms. The molecule has 2 nitrogen and oxygen atoms in total. The Bertz CT molecular complexity index is 2830. The first-order valence-corrected chi connectivity index (χ1v) is 17.4. The SMILES string of the molecule is c1ccc(-c2ccccc2N(c2ccc(-c3cccc4sc5c6ccccc6ccc5c34)cc2)c2ccc3c(c2)oc2ccccc23)cc1. The fourth-order valence-electron chi connectivity index (χ4n) is 7.40. The summed E-state index contributed by atoms with van der Waals surface area (Å²) in [5.74, 6) is 0. The molecule has 49 heavy (non-hydrogen) atoms. The Morgan fingerprint density at radius 2 is 1.10 bits per heavy atom. The Balaban J connectivity index is 1.15. The highest BCUT2D eigenvalue weighted by Gasteiger charge is 2.20. The summed E-state index contributed by atoms with van der Waals surface area (Å²) in [5, 5.41) is 7.49. The van der Waals surface area contributed by atoms with Crippen LogP contribution in [0.5, 0.6) is 0 Å². The van der Waals surface area contributed by atoms with Crippen LogP contribution in [-0.2, 0) is 0 Å². The predicted octanol–water partition coefficient (Wildman–Crippen LogP) is 13.9. The summed E-state index contributed by atoms with van der Waals surface area (Å²) in [4.78, 5) is 2.35. The van der Waals surface area contributed by atoms with Crippen LogP contribution in [-0.4, -0.2) is 0 Å². The molecule has 0 aliphatic carbocycles. The minimum atomic E-state index is 0.876.